The summed E-state index contributed by atoms with van der Waals surface area (Å²) in [6.45, 7) is 5.06. The molecule has 1 aliphatic rings. The maximum absolute atomic E-state index is 11.3. The van der Waals surface area contributed by atoms with E-state index in [0.717, 1.165) is 37.4 Å². The van der Waals surface area contributed by atoms with Crippen LogP contribution in [0.1, 0.15) is 17.3 Å². The molecule has 2 aromatic rings. The van der Waals surface area contributed by atoms with E-state index in [1.54, 1.807) is 26.3 Å². The molecule has 0 N–H and O–H groups in total. The Balaban J connectivity index is 1.64. The first kappa shape index (κ1) is 15.3. The molecule has 0 bridgehead atoms. The molecule has 2 heterocycles. The summed E-state index contributed by atoms with van der Waals surface area (Å²) >= 11 is 0. The summed E-state index contributed by atoms with van der Waals surface area (Å²) < 4.78 is 5.15. The Labute approximate surface area is 135 Å². The number of benzene rings is 1. The van der Waals surface area contributed by atoms with Crippen LogP contribution in [0.2, 0.25) is 0 Å². The van der Waals surface area contributed by atoms with E-state index in [-0.39, 0.29) is 5.78 Å². The number of nitrogens with zero attached hydrogens (tertiary/aromatic N) is 4. The first-order chi connectivity index (χ1) is 11.2. The quantitative estimate of drug-likeness (QED) is 0.805. The number of Topliss-reactive ketones (excluding diaryl/α,β-unsaturated/α-hetero) is 1. The zero-order valence-corrected chi connectivity index (χ0v) is 13.4. The summed E-state index contributed by atoms with van der Waals surface area (Å²) in [5.74, 6) is 1.38. The summed E-state index contributed by atoms with van der Waals surface area (Å²) in [5, 5.41) is 0. The van der Waals surface area contributed by atoms with Gasteiger partial charge in [-0.2, -0.15) is 4.98 Å². The number of methoxy groups -OCH3 is 1. The minimum atomic E-state index is 0.0940. The van der Waals surface area contributed by atoms with Crippen molar-refractivity contribution >= 4 is 17.4 Å². The predicted molar refractivity (Wildman–Crippen MR) is 89.5 cm³/mol. The predicted octanol–water partition coefficient (Wildman–Crippen LogP) is 2.01. The van der Waals surface area contributed by atoms with Crippen molar-refractivity contribution in [2.75, 3.05) is 43.1 Å². The van der Waals surface area contributed by atoms with Gasteiger partial charge in [0, 0.05) is 49.7 Å². The van der Waals surface area contributed by atoms with Crippen molar-refractivity contribution in [2.24, 2.45) is 0 Å². The molecule has 0 amide bonds. The fraction of sp³-hybridized carbons (Fsp3) is 0.353. The van der Waals surface area contributed by atoms with E-state index in [4.69, 9.17) is 4.74 Å². The minimum Gasteiger partial charge on any atom is -0.481 e. The Kier molecular flexibility index (Phi) is 4.41. The third kappa shape index (κ3) is 3.41. The zero-order chi connectivity index (χ0) is 16.2. The molecule has 1 aromatic carbocycles. The highest BCUT2D eigenvalue weighted by Gasteiger charge is 2.19. The molecule has 0 unspecified atom stereocenters. The third-order valence-electron chi connectivity index (χ3n) is 4.03. The lowest BCUT2D eigenvalue weighted by molar-refractivity contribution is 0.101. The van der Waals surface area contributed by atoms with Crippen molar-refractivity contribution < 1.29 is 9.53 Å². The van der Waals surface area contributed by atoms with Crippen LogP contribution >= 0.6 is 0 Å². The van der Waals surface area contributed by atoms with E-state index in [1.807, 2.05) is 24.3 Å². The minimum absolute atomic E-state index is 0.0940. The SMILES string of the molecule is COc1ccnc(N2CCN(c3ccc(C(C)=O)cc3)CC2)n1. The highest BCUT2D eigenvalue weighted by Crippen LogP contribution is 2.20. The van der Waals surface area contributed by atoms with E-state index in [0.29, 0.717) is 11.8 Å². The van der Waals surface area contributed by atoms with Gasteiger partial charge in [0.1, 0.15) is 0 Å². The summed E-state index contributed by atoms with van der Waals surface area (Å²) in [6.07, 6.45) is 1.72. The zero-order valence-electron chi connectivity index (χ0n) is 13.4. The summed E-state index contributed by atoms with van der Waals surface area (Å²) in [7, 11) is 1.61. The standard InChI is InChI=1S/C17H20N4O2/c1-13(22)14-3-5-15(6-4-14)20-9-11-21(12-10-20)17-18-8-7-16(19-17)23-2/h3-8H,9-12H2,1-2H3. The van der Waals surface area contributed by atoms with Gasteiger partial charge in [-0.05, 0) is 31.2 Å². The van der Waals surface area contributed by atoms with Gasteiger partial charge in [0.2, 0.25) is 11.8 Å². The van der Waals surface area contributed by atoms with E-state index in [2.05, 4.69) is 19.8 Å². The van der Waals surface area contributed by atoms with Crippen LogP contribution in [-0.2, 0) is 0 Å². The van der Waals surface area contributed by atoms with Gasteiger partial charge in [-0.25, -0.2) is 4.98 Å². The molecule has 23 heavy (non-hydrogen) atoms. The maximum Gasteiger partial charge on any atom is 0.228 e. The Morgan fingerprint density at radius 3 is 2.30 bits per heavy atom. The number of ether oxygens (including phenoxy) is 1. The third-order valence-corrected chi connectivity index (χ3v) is 4.03. The van der Waals surface area contributed by atoms with Crippen LogP contribution in [0.3, 0.4) is 0 Å². The molecule has 120 valence electrons. The number of carbonyl (C=O) groups excluding carboxylic acids is 1. The van der Waals surface area contributed by atoms with Crippen molar-refractivity contribution in [2.45, 2.75) is 6.92 Å². The van der Waals surface area contributed by atoms with E-state index >= 15 is 0 Å². The van der Waals surface area contributed by atoms with E-state index in [1.165, 1.54) is 0 Å². The molecule has 1 fully saturated rings. The van der Waals surface area contributed by atoms with Crippen LogP contribution < -0.4 is 14.5 Å². The number of carbonyl (C=O) groups is 1. The van der Waals surface area contributed by atoms with Gasteiger partial charge >= 0.3 is 0 Å². The molecular weight excluding hydrogens is 292 g/mol. The van der Waals surface area contributed by atoms with Crippen molar-refractivity contribution in [3.63, 3.8) is 0 Å². The van der Waals surface area contributed by atoms with Gasteiger partial charge in [-0.1, -0.05) is 0 Å². The smallest absolute Gasteiger partial charge is 0.228 e. The largest absolute Gasteiger partial charge is 0.481 e. The number of piperazine rings is 1. The Bertz CT molecular complexity index is 679. The monoisotopic (exact) mass is 312 g/mol. The van der Waals surface area contributed by atoms with Crippen molar-refractivity contribution in [1.29, 1.82) is 0 Å². The summed E-state index contributed by atoms with van der Waals surface area (Å²) in [5.41, 5.74) is 1.89. The Morgan fingerprint density at radius 2 is 1.70 bits per heavy atom. The van der Waals surface area contributed by atoms with Gasteiger partial charge in [0.05, 0.1) is 7.11 Å². The molecule has 0 aliphatic carbocycles. The molecule has 1 aliphatic heterocycles. The molecule has 1 aromatic heterocycles. The number of hydrogen-bond donors (Lipinski definition) is 0. The van der Waals surface area contributed by atoms with Crippen LogP contribution in [0.4, 0.5) is 11.6 Å². The summed E-state index contributed by atoms with van der Waals surface area (Å²) in [6, 6.07) is 9.53. The van der Waals surface area contributed by atoms with Gasteiger partial charge in [-0.15, -0.1) is 0 Å². The first-order valence-electron chi connectivity index (χ1n) is 7.65. The normalized spacial score (nSPS) is 14.7. The number of ketones is 1. The molecule has 0 saturated carbocycles. The molecule has 6 heteroatoms. The average Bonchev–Trinajstić information content (AvgIpc) is 2.62. The van der Waals surface area contributed by atoms with Gasteiger partial charge in [0.15, 0.2) is 5.78 Å². The molecule has 3 rings (SSSR count). The van der Waals surface area contributed by atoms with Crippen molar-refractivity contribution in [3.8, 4) is 5.88 Å². The van der Waals surface area contributed by atoms with E-state index in [9.17, 15) is 4.79 Å². The maximum atomic E-state index is 11.3. The van der Waals surface area contributed by atoms with Gasteiger partial charge in [-0.3, -0.25) is 4.79 Å². The lowest BCUT2D eigenvalue weighted by atomic mass is 10.1. The van der Waals surface area contributed by atoms with Crippen LogP contribution in [0.5, 0.6) is 5.88 Å². The fourth-order valence-electron chi connectivity index (χ4n) is 2.67. The lowest BCUT2D eigenvalue weighted by Gasteiger charge is -2.36. The second-order valence-corrected chi connectivity index (χ2v) is 5.48. The molecule has 0 radical (unpaired) electrons. The Hall–Kier alpha value is -2.63. The fourth-order valence-corrected chi connectivity index (χ4v) is 2.67. The highest BCUT2D eigenvalue weighted by molar-refractivity contribution is 5.94. The molecule has 1 saturated heterocycles. The van der Waals surface area contributed by atoms with Crippen molar-refractivity contribution in [3.05, 3.63) is 42.1 Å². The number of anilines is 2. The Morgan fingerprint density at radius 1 is 1.04 bits per heavy atom. The molecule has 0 atom stereocenters. The lowest BCUT2D eigenvalue weighted by Crippen LogP contribution is -2.47. The second-order valence-electron chi connectivity index (χ2n) is 5.48. The molecule has 0 spiro atoms. The van der Waals surface area contributed by atoms with Crippen LogP contribution in [0.15, 0.2) is 36.5 Å². The van der Waals surface area contributed by atoms with Crippen LogP contribution in [0, 0.1) is 0 Å². The van der Waals surface area contributed by atoms with E-state index < -0.39 is 0 Å². The topological polar surface area (TPSA) is 58.6 Å². The molecule has 6 nitrogen and oxygen atoms in total. The summed E-state index contributed by atoms with van der Waals surface area (Å²) in [4.78, 5) is 24.5. The average molecular weight is 312 g/mol. The van der Waals surface area contributed by atoms with Crippen molar-refractivity contribution in [1.82, 2.24) is 9.97 Å². The van der Waals surface area contributed by atoms with Crippen LogP contribution in [-0.4, -0.2) is 49.0 Å². The van der Waals surface area contributed by atoms with Gasteiger partial charge < -0.3 is 14.5 Å². The second kappa shape index (κ2) is 6.64. The molecular formula is C17H20N4O2. The first-order valence-corrected chi connectivity index (χ1v) is 7.65. The number of aromatic nitrogens is 2. The number of rotatable bonds is 4. The highest BCUT2D eigenvalue weighted by atomic mass is 16.5. The number of hydrogen-bond acceptors (Lipinski definition) is 6. The van der Waals surface area contributed by atoms with Crippen LogP contribution in [0.25, 0.3) is 0 Å². The van der Waals surface area contributed by atoms with Gasteiger partial charge in [0.25, 0.3) is 0 Å².